The quantitative estimate of drug-likeness (QED) is 0.636. The SMILES string of the molecule is Cc1ccc(OCCCCNC(=O)c2cccc(S(=O)(=O)N3CCCC3)c2)cc1. The maximum absolute atomic E-state index is 12.7. The Hall–Kier alpha value is -2.38. The molecule has 0 saturated carbocycles. The van der Waals surface area contributed by atoms with Crippen molar-refractivity contribution >= 4 is 15.9 Å². The molecule has 6 nitrogen and oxygen atoms in total. The summed E-state index contributed by atoms with van der Waals surface area (Å²) in [5.41, 5.74) is 1.55. The minimum absolute atomic E-state index is 0.179. The Morgan fingerprint density at radius 3 is 2.52 bits per heavy atom. The van der Waals surface area contributed by atoms with Gasteiger partial charge in [-0.05, 0) is 62.9 Å². The summed E-state index contributed by atoms with van der Waals surface area (Å²) in [7, 11) is -3.52. The molecule has 0 radical (unpaired) electrons. The molecule has 0 atom stereocenters. The molecule has 1 N–H and O–H groups in total. The zero-order valence-electron chi connectivity index (χ0n) is 16.8. The average molecular weight is 417 g/mol. The summed E-state index contributed by atoms with van der Waals surface area (Å²) in [6.45, 7) is 4.22. The molecule has 0 spiro atoms. The number of benzene rings is 2. The zero-order valence-corrected chi connectivity index (χ0v) is 17.6. The lowest BCUT2D eigenvalue weighted by Gasteiger charge is -2.16. The van der Waals surface area contributed by atoms with Gasteiger partial charge in [-0.15, -0.1) is 0 Å². The first kappa shape index (κ1) is 21.3. The molecule has 3 rings (SSSR count). The smallest absolute Gasteiger partial charge is 0.251 e. The summed E-state index contributed by atoms with van der Waals surface area (Å²) in [6, 6.07) is 14.2. The van der Waals surface area contributed by atoms with Crippen LogP contribution in [-0.2, 0) is 10.0 Å². The summed E-state index contributed by atoms with van der Waals surface area (Å²) in [5, 5.41) is 2.85. The molecule has 7 heteroatoms. The Balaban J connectivity index is 1.44. The maximum Gasteiger partial charge on any atom is 0.251 e. The standard InChI is InChI=1S/C22H28N2O4S/c1-18-9-11-20(12-10-18)28-16-5-2-13-23-22(25)19-7-6-8-21(17-19)29(26,27)24-14-3-4-15-24/h6-12,17H,2-5,13-16H2,1H3,(H,23,25). The minimum atomic E-state index is -3.52. The van der Waals surface area contributed by atoms with Gasteiger partial charge in [-0.1, -0.05) is 23.8 Å². The molecule has 2 aromatic carbocycles. The fraction of sp³-hybridized carbons (Fsp3) is 0.409. The predicted octanol–water partition coefficient (Wildman–Crippen LogP) is 3.37. The van der Waals surface area contributed by atoms with Crippen LogP contribution >= 0.6 is 0 Å². The number of hydrogen-bond donors (Lipinski definition) is 1. The summed E-state index contributed by atoms with van der Waals surface area (Å²) in [4.78, 5) is 12.6. The van der Waals surface area contributed by atoms with Crippen molar-refractivity contribution in [2.75, 3.05) is 26.2 Å². The Labute approximate surface area is 172 Å². The van der Waals surface area contributed by atoms with Crippen LogP contribution in [0, 0.1) is 6.92 Å². The highest BCUT2D eigenvalue weighted by atomic mass is 32.2. The van der Waals surface area contributed by atoms with Crippen molar-refractivity contribution in [1.82, 2.24) is 9.62 Å². The van der Waals surface area contributed by atoms with Gasteiger partial charge in [0, 0.05) is 25.2 Å². The lowest BCUT2D eigenvalue weighted by Crippen LogP contribution is -2.29. The van der Waals surface area contributed by atoms with E-state index in [0.717, 1.165) is 31.4 Å². The maximum atomic E-state index is 12.7. The molecule has 29 heavy (non-hydrogen) atoms. The normalized spacial score (nSPS) is 14.7. The number of rotatable bonds is 9. The molecule has 0 unspecified atom stereocenters. The number of carbonyl (C=O) groups is 1. The van der Waals surface area contributed by atoms with E-state index in [2.05, 4.69) is 5.32 Å². The molecule has 2 aromatic rings. The van der Waals surface area contributed by atoms with Gasteiger partial charge in [0.1, 0.15) is 5.75 Å². The van der Waals surface area contributed by atoms with Crippen LogP contribution in [0.1, 0.15) is 41.6 Å². The summed E-state index contributed by atoms with van der Waals surface area (Å²) >= 11 is 0. The second-order valence-electron chi connectivity index (χ2n) is 7.26. The van der Waals surface area contributed by atoms with E-state index < -0.39 is 10.0 Å². The van der Waals surface area contributed by atoms with Gasteiger partial charge in [0.2, 0.25) is 10.0 Å². The van der Waals surface area contributed by atoms with Crippen LogP contribution in [0.4, 0.5) is 0 Å². The van der Waals surface area contributed by atoms with Gasteiger partial charge >= 0.3 is 0 Å². The first-order valence-corrected chi connectivity index (χ1v) is 11.5. The highest BCUT2D eigenvalue weighted by molar-refractivity contribution is 7.89. The third-order valence-electron chi connectivity index (χ3n) is 4.95. The van der Waals surface area contributed by atoms with Crippen molar-refractivity contribution in [3.05, 3.63) is 59.7 Å². The zero-order chi connectivity index (χ0) is 20.7. The molecule has 1 aliphatic rings. The first-order valence-electron chi connectivity index (χ1n) is 10.0. The number of unbranched alkanes of at least 4 members (excludes halogenated alkanes) is 1. The van der Waals surface area contributed by atoms with E-state index in [-0.39, 0.29) is 10.8 Å². The Morgan fingerprint density at radius 1 is 1.07 bits per heavy atom. The Bertz CT molecular complexity index is 920. The van der Waals surface area contributed by atoms with Crippen molar-refractivity contribution in [3.63, 3.8) is 0 Å². The fourth-order valence-corrected chi connectivity index (χ4v) is 4.79. The lowest BCUT2D eigenvalue weighted by molar-refractivity contribution is 0.0952. The van der Waals surface area contributed by atoms with E-state index in [4.69, 9.17) is 4.74 Å². The number of nitrogens with zero attached hydrogens (tertiary/aromatic N) is 1. The third kappa shape index (κ3) is 5.81. The van der Waals surface area contributed by atoms with Crippen LogP contribution in [0.2, 0.25) is 0 Å². The topological polar surface area (TPSA) is 75.7 Å². The van der Waals surface area contributed by atoms with E-state index in [9.17, 15) is 13.2 Å². The van der Waals surface area contributed by atoms with Crippen LogP contribution in [0.25, 0.3) is 0 Å². The molecule has 156 valence electrons. The number of ether oxygens (including phenoxy) is 1. The molecule has 0 bridgehead atoms. The van der Waals surface area contributed by atoms with Gasteiger partial charge in [0.05, 0.1) is 11.5 Å². The van der Waals surface area contributed by atoms with Crippen molar-refractivity contribution in [2.24, 2.45) is 0 Å². The molecule has 1 fully saturated rings. The first-order chi connectivity index (χ1) is 14.0. The fourth-order valence-electron chi connectivity index (χ4n) is 3.23. The second-order valence-corrected chi connectivity index (χ2v) is 9.20. The molecule has 1 amide bonds. The predicted molar refractivity (Wildman–Crippen MR) is 113 cm³/mol. The van der Waals surface area contributed by atoms with Crippen LogP contribution < -0.4 is 10.1 Å². The number of sulfonamides is 1. The van der Waals surface area contributed by atoms with Crippen molar-refractivity contribution in [1.29, 1.82) is 0 Å². The molecule has 0 aliphatic carbocycles. The van der Waals surface area contributed by atoms with Crippen molar-refractivity contribution in [2.45, 2.75) is 37.5 Å². The number of aryl methyl sites for hydroxylation is 1. The van der Waals surface area contributed by atoms with Gasteiger partial charge < -0.3 is 10.1 Å². The van der Waals surface area contributed by atoms with E-state index in [1.807, 2.05) is 31.2 Å². The van der Waals surface area contributed by atoms with E-state index in [0.29, 0.717) is 31.8 Å². The van der Waals surface area contributed by atoms with Gasteiger partial charge in [0.15, 0.2) is 0 Å². The summed E-state index contributed by atoms with van der Waals surface area (Å²) in [6.07, 6.45) is 3.36. The summed E-state index contributed by atoms with van der Waals surface area (Å²) in [5.74, 6) is 0.582. The van der Waals surface area contributed by atoms with Crippen molar-refractivity contribution < 1.29 is 17.9 Å². The molecule has 0 aromatic heterocycles. The third-order valence-corrected chi connectivity index (χ3v) is 6.84. The van der Waals surface area contributed by atoms with E-state index >= 15 is 0 Å². The Kier molecular flexibility index (Phi) is 7.28. The van der Waals surface area contributed by atoms with E-state index in [1.54, 1.807) is 18.2 Å². The highest BCUT2D eigenvalue weighted by Crippen LogP contribution is 2.21. The van der Waals surface area contributed by atoms with Crippen molar-refractivity contribution in [3.8, 4) is 5.75 Å². The number of carbonyl (C=O) groups excluding carboxylic acids is 1. The van der Waals surface area contributed by atoms with Gasteiger partial charge in [0.25, 0.3) is 5.91 Å². The average Bonchev–Trinajstić information content (AvgIpc) is 3.27. The minimum Gasteiger partial charge on any atom is -0.494 e. The highest BCUT2D eigenvalue weighted by Gasteiger charge is 2.27. The Morgan fingerprint density at radius 2 is 1.79 bits per heavy atom. The molecular formula is C22H28N2O4S. The molecule has 1 heterocycles. The van der Waals surface area contributed by atoms with Crippen LogP contribution in [0.3, 0.4) is 0 Å². The van der Waals surface area contributed by atoms with Crippen LogP contribution in [0.15, 0.2) is 53.4 Å². The van der Waals surface area contributed by atoms with Crippen LogP contribution in [0.5, 0.6) is 5.75 Å². The number of hydrogen-bond acceptors (Lipinski definition) is 4. The number of amides is 1. The van der Waals surface area contributed by atoms with Gasteiger partial charge in [-0.25, -0.2) is 8.42 Å². The largest absolute Gasteiger partial charge is 0.494 e. The van der Waals surface area contributed by atoms with Gasteiger partial charge in [-0.3, -0.25) is 4.79 Å². The lowest BCUT2D eigenvalue weighted by atomic mass is 10.2. The molecular weight excluding hydrogens is 388 g/mol. The van der Waals surface area contributed by atoms with Gasteiger partial charge in [-0.2, -0.15) is 4.31 Å². The molecule has 1 saturated heterocycles. The van der Waals surface area contributed by atoms with Crippen LogP contribution in [-0.4, -0.2) is 44.9 Å². The monoisotopic (exact) mass is 416 g/mol. The second kappa shape index (κ2) is 9.89. The molecule has 1 aliphatic heterocycles. The number of nitrogens with one attached hydrogen (secondary N) is 1. The summed E-state index contributed by atoms with van der Waals surface area (Å²) < 4.78 is 32.5. The van der Waals surface area contributed by atoms with E-state index in [1.165, 1.54) is 15.9 Å².